The Hall–Kier alpha value is -4.26. The Morgan fingerprint density at radius 1 is 0.812 bits per heavy atom. The number of para-hydroxylation sites is 1. The summed E-state index contributed by atoms with van der Waals surface area (Å²) in [6.07, 6.45) is 0.691. The number of hydrogen-bond donors (Lipinski definition) is 4. The molecule has 0 unspecified atom stereocenters. The molecule has 0 radical (unpaired) electrons. The fourth-order valence-electron chi connectivity index (χ4n) is 3.31. The normalized spacial score (nSPS) is 10.8. The minimum atomic E-state index is -0.0133. The molecule has 32 heavy (non-hydrogen) atoms. The van der Waals surface area contributed by atoms with Crippen molar-refractivity contribution in [2.45, 2.75) is 6.42 Å². The van der Waals surface area contributed by atoms with Crippen molar-refractivity contribution in [2.75, 3.05) is 13.2 Å². The van der Waals surface area contributed by atoms with Crippen molar-refractivity contribution in [1.82, 2.24) is 0 Å². The summed E-state index contributed by atoms with van der Waals surface area (Å²) in [5.74, 6) is 2.12. The van der Waals surface area contributed by atoms with Gasteiger partial charge in [0.05, 0.1) is 18.8 Å². The number of rotatable bonds is 9. The molecule has 6 N–H and O–H groups in total. The van der Waals surface area contributed by atoms with Crippen molar-refractivity contribution >= 4 is 22.6 Å². The van der Waals surface area contributed by atoms with Crippen molar-refractivity contribution < 1.29 is 13.9 Å². The Labute approximate surface area is 185 Å². The number of nitrogen functional groups attached to an aromatic ring is 2. The number of nitrogens with two attached hydrogens (primary N) is 2. The van der Waals surface area contributed by atoms with Crippen molar-refractivity contribution in [2.24, 2.45) is 11.5 Å². The summed E-state index contributed by atoms with van der Waals surface area (Å²) in [7, 11) is 0. The van der Waals surface area contributed by atoms with Gasteiger partial charge in [0.15, 0.2) is 0 Å². The largest absolute Gasteiger partial charge is 0.493 e. The Balaban J connectivity index is 1.31. The summed E-state index contributed by atoms with van der Waals surface area (Å²) in [5.41, 5.74) is 14.1. The van der Waals surface area contributed by atoms with Crippen LogP contribution in [0.15, 0.2) is 77.2 Å². The molecule has 7 nitrogen and oxygen atoms in total. The van der Waals surface area contributed by atoms with Gasteiger partial charge in [-0.3, -0.25) is 10.8 Å². The Kier molecular flexibility index (Phi) is 6.07. The van der Waals surface area contributed by atoms with Crippen LogP contribution in [0.1, 0.15) is 17.5 Å². The smallest absolute Gasteiger partial charge is 0.135 e. The average molecular weight is 428 g/mol. The molecule has 4 aromatic rings. The van der Waals surface area contributed by atoms with Gasteiger partial charge in [-0.05, 0) is 60.7 Å². The van der Waals surface area contributed by atoms with E-state index >= 15 is 0 Å². The third-order valence-corrected chi connectivity index (χ3v) is 4.96. The fourth-order valence-corrected chi connectivity index (χ4v) is 3.31. The van der Waals surface area contributed by atoms with E-state index in [2.05, 4.69) is 0 Å². The molecule has 0 fully saturated rings. The summed E-state index contributed by atoms with van der Waals surface area (Å²) < 4.78 is 17.4. The second-order valence-electron chi connectivity index (χ2n) is 7.26. The molecule has 162 valence electrons. The van der Waals surface area contributed by atoms with Crippen LogP contribution in [0.2, 0.25) is 0 Å². The van der Waals surface area contributed by atoms with E-state index in [1.807, 2.05) is 54.6 Å². The number of ether oxygens (including phenoxy) is 2. The van der Waals surface area contributed by atoms with Crippen LogP contribution in [0, 0.1) is 10.8 Å². The number of hydrogen-bond acceptors (Lipinski definition) is 5. The predicted molar refractivity (Wildman–Crippen MR) is 126 cm³/mol. The zero-order valence-electron chi connectivity index (χ0n) is 17.4. The lowest BCUT2D eigenvalue weighted by atomic mass is 10.1. The molecule has 1 heterocycles. The second kappa shape index (κ2) is 9.26. The first kappa shape index (κ1) is 21.0. The maximum atomic E-state index is 7.60. The van der Waals surface area contributed by atoms with Gasteiger partial charge in [-0.25, -0.2) is 0 Å². The number of nitrogens with one attached hydrogen (secondary N) is 2. The van der Waals surface area contributed by atoms with E-state index < -0.39 is 0 Å². The molecule has 0 saturated heterocycles. The molecule has 0 atom stereocenters. The van der Waals surface area contributed by atoms with Gasteiger partial charge in [-0.2, -0.15) is 0 Å². The first-order chi connectivity index (χ1) is 15.5. The van der Waals surface area contributed by atoms with Gasteiger partial charge in [0.25, 0.3) is 0 Å². The molecule has 0 aliphatic heterocycles. The van der Waals surface area contributed by atoms with Crippen LogP contribution in [-0.4, -0.2) is 24.9 Å². The van der Waals surface area contributed by atoms with Gasteiger partial charge in [-0.15, -0.1) is 0 Å². The van der Waals surface area contributed by atoms with Gasteiger partial charge in [0, 0.05) is 22.9 Å². The van der Waals surface area contributed by atoms with E-state index in [-0.39, 0.29) is 11.7 Å². The van der Waals surface area contributed by atoms with E-state index in [0.29, 0.717) is 36.5 Å². The lowest BCUT2D eigenvalue weighted by molar-refractivity contribution is 0.247. The highest BCUT2D eigenvalue weighted by Gasteiger charge is 2.09. The number of fused-ring (bicyclic) bond motifs is 1. The Morgan fingerprint density at radius 2 is 1.56 bits per heavy atom. The molecule has 0 spiro atoms. The lowest BCUT2D eigenvalue weighted by Crippen LogP contribution is -2.14. The highest BCUT2D eigenvalue weighted by Crippen LogP contribution is 2.29. The highest BCUT2D eigenvalue weighted by molar-refractivity contribution is 5.99. The van der Waals surface area contributed by atoms with E-state index in [1.165, 1.54) is 0 Å². The van der Waals surface area contributed by atoms with Gasteiger partial charge in [0.1, 0.15) is 34.5 Å². The molecule has 3 aromatic carbocycles. The Morgan fingerprint density at radius 3 is 2.31 bits per heavy atom. The summed E-state index contributed by atoms with van der Waals surface area (Å²) in [4.78, 5) is 0. The monoisotopic (exact) mass is 428 g/mol. The number of furan rings is 1. The molecule has 0 aliphatic rings. The van der Waals surface area contributed by atoms with Crippen LogP contribution in [0.25, 0.3) is 22.3 Å². The van der Waals surface area contributed by atoms with Crippen LogP contribution in [0.3, 0.4) is 0 Å². The third kappa shape index (κ3) is 4.73. The minimum absolute atomic E-state index is 0.0133. The van der Waals surface area contributed by atoms with E-state index in [4.69, 9.17) is 36.2 Å². The van der Waals surface area contributed by atoms with Gasteiger partial charge in [0.2, 0.25) is 0 Å². The van der Waals surface area contributed by atoms with E-state index in [1.54, 1.807) is 18.2 Å². The van der Waals surface area contributed by atoms with Crippen molar-refractivity contribution in [1.29, 1.82) is 10.8 Å². The van der Waals surface area contributed by atoms with Gasteiger partial charge in [-0.1, -0.05) is 12.1 Å². The summed E-state index contributed by atoms with van der Waals surface area (Å²) in [5, 5.41) is 16.1. The zero-order valence-corrected chi connectivity index (χ0v) is 17.4. The molecule has 0 saturated carbocycles. The first-order valence-corrected chi connectivity index (χ1v) is 10.2. The molecule has 4 rings (SSSR count). The number of amidine groups is 2. The molecule has 1 aromatic heterocycles. The number of benzene rings is 3. The quantitative estimate of drug-likeness (QED) is 0.177. The average Bonchev–Trinajstić information content (AvgIpc) is 3.23. The second-order valence-corrected chi connectivity index (χ2v) is 7.26. The predicted octanol–water partition coefficient (Wildman–Crippen LogP) is 4.52. The molecule has 0 bridgehead atoms. The topological polar surface area (TPSA) is 131 Å². The third-order valence-electron chi connectivity index (χ3n) is 4.96. The maximum absolute atomic E-state index is 7.60. The van der Waals surface area contributed by atoms with Crippen LogP contribution in [0.4, 0.5) is 0 Å². The highest BCUT2D eigenvalue weighted by atomic mass is 16.5. The zero-order chi connectivity index (χ0) is 22.5. The van der Waals surface area contributed by atoms with E-state index in [9.17, 15) is 0 Å². The van der Waals surface area contributed by atoms with Gasteiger partial charge < -0.3 is 25.4 Å². The van der Waals surface area contributed by atoms with Crippen molar-refractivity contribution in [3.63, 3.8) is 0 Å². The van der Waals surface area contributed by atoms with Crippen LogP contribution >= 0.6 is 0 Å². The van der Waals surface area contributed by atoms with Crippen molar-refractivity contribution in [3.05, 3.63) is 83.9 Å². The maximum Gasteiger partial charge on any atom is 0.135 e. The first-order valence-electron chi connectivity index (χ1n) is 10.2. The van der Waals surface area contributed by atoms with E-state index in [0.717, 1.165) is 28.0 Å². The lowest BCUT2D eigenvalue weighted by Gasteiger charge is -2.11. The van der Waals surface area contributed by atoms with Crippen LogP contribution in [0.5, 0.6) is 11.5 Å². The molecular formula is C25H24N4O3. The summed E-state index contributed by atoms with van der Waals surface area (Å²) in [6.45, 7) is 0.962. The van der Waals surface area contributed by atoms with Crippen LogP contribution in [-0.2, 0) is 0 Å². The summed E-state index contributed by atoms with van der Waals surface area (Å²) >= 11 is 0. The molecular weight excluding hydrogens is 404 g/mol. The van der Waals surface area contributed by atoms with Crippen LogP contribution < -0.4 is 20.9 Å². The SMILES string of the molecule is N=C(N)c1ccc2oc(-c3ccc(OCCCOc4ccccc4C(=N)N)cc3)cc2c1. The molecule has 0 amide bonds. The summed E-state index contributed by atoms with van der Waals surface area (Å²) in [6, 6.07) is 22.3. The molecule has 0 aliphatic carbocycles. The molecule has 7 heteroatoms. The Bertz CT molecular complexity index is 1260. The standard InChI is InChI=1S/C25H24N4O3/c26-24(27)17-8-11-21-18(14-17)15-23(32-21)16-6-9-19(10-7-16)30-12-3-13-31-22-5-2-1-4-20(22)25(28)29/h1-2,4-11,14-15H,3,12-13H2,(H3,26,27)(H3,28,29). The minimum Gasteiger partial charge on any atom is -0.493 e. The van der Waals surface area contributed by atoms with Gasteiger partial charge >= 0.3 is 0 Å². The fraction of sp³-hybridized carbons (Fsp3) is 0.120. The van der Waals surface area contributed by atoms with Crippen molar-refractivity contribution in [3.8, 4) is 22.8 Å².